The van der Waals surface area contributed by atoms with E-state index in [1.807, 2.05) is 31.2 Å². The van der Waals surface area contributed by atoms with E-state index in [0.29, 0.717) is 23.6 Å². The van der Waals surface area contributed by atoms with Crippen LogP contribution in [0.5, 0.6) is 11.5 Å². The van der Waals surface area contributed by atoms with Crippen molar-refractivity contribution in [2.24, 2.45) is 0 Å². The summed E-state index contributed by atoms with van der Waals surface area (Å²) in [6.07, 6.45) is 0. The molecule has 0 saturated heterocycles. The molecule has 2 aromatic carbocycles. The summed E-state index contributed by atoms with van der Waals surface area (Å²) in [6.45, 7) is 4.09. The first-order chi connectivity index (χ1) is 12.1. The Labute approximate surface area is 145 Å². The maximum absolute atomic E-state index is 13.1. The molecule has 1 atom stereocenters. The highest BCUT2D eigenvalue weighted by Crippen LogP contribution is 2.37. The van der Waals surface area contributed by atoms with Gasteiger partial charge in [-0.25, -0.2) is 0 Å². The van der Waals surface area contributed by atoms with Gasteiger partial charge < -0.3 is 19.3 Å². The highest BCUT2D eigenvalue weighted by Gasteiger charge is 2.34. The van der Waals surface area contributed by atoms with Crippen LogP contribution in [0.1, 0.15) is 24.2 Å². The number of benzene rings is 2. The number of carbonyl (C=O) groups is 2. The van der Waals surface area contributed by atoms with Crippen molar-refractivity contribution in [1.29, 1.82) is 0 Å². The summed E-state index contributed by atoms with van der Waals surface area (Å²) < 4.78 is 10.7. The predicted molar refractivity (Wildman–Crippen MR) is 93.3 cm³/mol. The molecule has 2 amide bonds. The lowest BCUT2D eigenvalue weighted by Gasteiger charge is -2.40. The normalized spacial score (nSPS) is 18.1. The molecule has 0 bridgehead atoms. The Morgan fingerprint density at radius 3 is 2.52 bits per heavy atom. The number of para-hydroxylation sites is 2. The van der Waals surface area contributed by atoms with Gasteiger partial charge in [0.15, 0.2) is 11.5 Å². The lowest BCUT2D eigenvalue weighted by molar-refractivity contribution is -0.117. The second-order valence-electron chi connectivity index (χ2n) is 6.21. The van der Waals surface area contributed by atoms with E-state index in [9.17, 15) is 9.59 Å². The smallest absolute Gasteiger partial charge is 0.258 e. The third-order valence-electron chi connectivity index (χ3n) is 4.52. The van der Waals surface area contributed by atoms with Gasteiger partial charge in [0.1, 0.15) is 0 Å². The molecule has 0 N–H and O–H groups in total. The van der Waals surface area contributed by atoms with Crippen LogP contribution < -0.4 is 19.3 Å². The van der Waals surface area contributed by atoms with Crippen LogP contribution in [-0.2, 0) is 4.79 Å². The highest BCUT2D eigenvalue weighted by atomic mass is 16.7. The van der Waals surface area contributed by atoms with E-state index in [1.165, 1.54) is 0 Å². The number of rotatable bonds is 1. The zero-order valence-corrected chi connectivity index (χ0v) is 14.1. The van der Waals surface area contributed by atoms with E-state index in [2.05, 4.69) is 0 Å². The van der Waals surface area contributed by atoms with Crippen molar-refractivity contribution in [3.05, 3.63) is 48.0 Å². The quantitative estimate of drug-likeness (QED) is 0.802. The van der Waals surface area contributed by atoms with Gasteiger partial charge in [0.2, 0.25) is 12.7 Å². The van der Waals surface area contributed by atoms with E-state index in [-0.39, 0.29) is 24.6 Å². The maximum atomic E-state index is 13.1. The number of amides is 2. The molecule has 2 aliphatic heterocycles. The minimum Gasteiger partial charge on any atom is -0.454 e. The molecule has 0 unspecified atom stereocenters. The predicted octanol–water partition coefficient (Wildman–Crippen LogP) is 2.82. The molecule has 25 heavy (non-hydrogen) atoms. The molecule has 2 heterocycles. The summed E-state index contributed by atoms with van der Waals surface area (Å²) in [5.41, 5.74) is 2.02. The Hall–Kier alpha value is -3.02. The summed E-state index contributed by atoms with van der Waals surface area (Å²) >= 11 is 0. The van der Waals surface area contributed by atoms with Gasteiger partial charge in [-0.1, -0.05) is 12.1 Å². The van der Waals surface area contributed by atoms with E-state index in [0.717, 1.165) is 11.4 Å². The molecular weight excluding hydrogens is 320 g/mol. The Morgan fingerprint density at radius 1 is 1.04 bits per heavy atom. The zero-order chi connectivity index (χ0) is 17.6. The third kappa shape index (κ3) is 2.50. The largest absolute Gasteiger partial charge is 0.454 e. The summed E-state index contributed by atoms with van der Waals surface area (Å²) in [4.78, 5) is 28.6. The van der Waals surface area contributed by atoms with E-state index >= 15 is 0 Å². The number of hydrogen-bond donors (Lipinski definition) is 0. The Balaban J connectivity index is 1.74. The lowest BCUT2D eigenvalue weighted by atomic mass is 10.1. The SMILES string of the molecule is CC(=O)N1c2ccccc2N(C(=O)c2ccc3c(c2)OCO3)C[C@@H]1C. The number of ether oxygens (including phenoxy) is 2. The molecule has 0 aromatic heterocycles. The van der Waals surface area contributed by atoms with Crippen molar-refractivity contribution in [3.8, 4) is 11.5 Å². The summed E-state index contributed by atoms with van der Waals surface area (Å²) in [6, 6.07) is 12.6. The molecule has 0 fully saturated rings. The van der Waals surface area contributed by atoms with E-state index < -0.39 is 0 Å². The Morgan fingerprint density at radius 2 is 1.76 bits per heavy atom. The van der Waals surface area contributed by atoms with Crippen LogP contribution in [-0.4, -0.2) is 31.2 Å². The Kier molecular flexibility index (Phi) is 3.60. The molecular formula is C19H18N2O4. The number of fused-ring (bicyclic) bond motifs is 2. The van der Waals surface area contributed by atoms with Crippen LogP contribution in [0, 0.1) is 0 Å². The number of anilines is 2. The van der Waals surface area contributed by atoms with E-state index in [1.54, 1.807) is 34.9 Å². The molecule has 6 heteroatoms. The van der Waals surface area contributed by atoms with Crippen LogP contribution in [0.4, 0.5) is 11.4 Å². The molecule has 128 valence electrons. The third-order valence-corrected chi connectivity index (χ3v) is 4.52. The van der Waals surface area contributed by atoms with Crippen LogP contribution >= 0.6 is 0 Å². The van der Waals surface area contributed by atoms with Gasteiger partial charge in [-0.3, -0.25) is 9.59 Å². The minimum absolute atomic E-state index is 0.0323. The monoisotopic (exact) mass is 338 g/mol. The van der Waals surface area contributed by atoms with Gasteiger partial charge in [0.25, 0.3) is 5.91 Å². The molecule has 2 aromatic rings. The first-order valence-electron chi connectivity index (χ1n) is 8.16. The first kappa shape index (κ1) is 15.5. The van der Waals surface area contributed by atoms with Gasteiger partial charge in [0.05, 0.1) is 17.4 Å². The minimum atomic E-state index is -0.124. The number of hydrogen-bond acceptors (Lipinski definition) is 4. The fourth-order valence-electron chi connectivity index (χ4n) is 3.44. The summed E-state index contributed by atoms with van der Waals surface area (Å²) in [5.74, 6) is 1.07. The average molecular weight is 338 g/mol. The lowest BCUT2D eigenvalue weighted by Crippen LogP contribution is -2.51. The second-order valence-corrected chi connectivity index (χ2v) is 6.21. The van der Waals surface area contributed by atoms with Crippen LogP contribution in [0.2, 0.25) is 0 Å². The topological polar surface area (TPSA) is 59.1 Å². The maximum Gasteiger partial charge on any atom is 0.258 e. The highest BCUT2D eigenvalue weighted by molar-refractivity contribution is 6.10. The van der Waals surface area contributed by atoms with Gasteiger partial charge in [0, 0.05) is 19.0 Å². The second kappa shape index (κ2) is 5.81. The Bertz CT molecular complexity index is 864. The van der Waals surface area contributed by atoms with Crippen molar-refractivity contribution in [2.45, 2.75) is 19.9 Å². The molecule has 6 nitrogen and oxygen atoms in total. The summed E-state index contributed by atoms with van der Waals surface area (Å²) in [5, 5.41) is 0. The van der Waals surface area contributed by atoms with Gasteiger partial charge in [-0.2, -0.15) is 0 Å². The van der Waals surface area contributed by atoms with Crippen LogP contribution in [0.15, 0.2) is 42.5 Å². The van der Waals surface area contributed by atoms with Crippen molar-refractivity contribution >= 4 is 23.2 Å². The number of nitrogens with zero attached hydrogens (tertiary/aromatic N) is 2. The van der Waals surface area contributed by atoms with Crippen molar-refractivity contribution in [3.63, 3.8) is 0 Å². The molecule has 2 aliphatic rings. The van der Waals surface area contributed by atoms with Crippen molar-refractivity contribution in [2.75, 3.05) is 23.1 Å². The molecule has 4 rings (SSSR count). The van der Waals surface area contributed by atoms with Gasteiger partial charge in [-0.15, -0.1) is 0 Å². The van der Waals surface area contributed by atoms with Crippen LogP contribution in [0.25, 0.3) is 0 Å². The van der Waals surface area contributed by atoms with Gasteiger partial charge in [-0.05, 0) is 37.3 Å². The fourth-order valence-corrected chi connectivity index (χ4v) is 3.44. The van der Waals surface area contributed by atoms with Crippen molar-refractivity contribution < 1.29 is 19.1 Å². The first-order valence-corrected chi connectivity index (χ1v) is 8.16. The summed E-state index contributed by atoms with van der Waals surface area (Å²) in [7, 11) is 0. The molecule has 0 radical (unpaired) electrons. The number of carbonyl (C=O) groups excluding carboxylic acids is 2. The molecule has 0 saturated carbocycles. The fraction of sp³-hybridized carbons (Fsp3) is 0.263. The van der Waals surface area contributed by atoms with Crippen molar-refractivity contribution in [1.82, 2.24) is 0 Å². The average Bonchev–Trinajstić information content (AvgIpc) is 3.07. The van der Waals surface area contributed by atoms with E-state index in [4.69, 9.17) is 9.47 Å². The molecule has 0 aliphatic carbocycles. The van der Waals surface area contributed by atoms with Gasteiger partial charge >= 0.3 is 0 Å². The van der Waals surface area contributed by atoms with Crippen LogP contribution in [0.3, 0.4) is 0 Å². The standard InChI is InChI=1S/C19H18N2O4/c1-12-10-20(15-5-3-4-6-16(15)21(12)13(2)22)19(23)14-7-8-17-18(9-14)25-11-24-17/h3-9,12H,10-11H2,1-2H3/t12-/m0/s1. The molecule has 0 spiro atoms. The zero-order valence-electron chi connectivity index (χ0n) is 14.1.